The summed E-state index contributed by atoms with van der Waals surface area (Å²) in [6.45, 7) is 11.2. The predicted octanol–water partition coefficient (Wildman–Crippen LogP) is 8.85. The summed E-state index contributed by atoms with van der Waals surface area (Å²) in [6.07, 6.45) is 10.2. The summed E-state index contributed by atoms with van der Waals surface area (Å²) in [5.41, 5.74) is 5.98. The second-order valence-electron chi connectivity index (χ2n) is 15.9. The number of nitrogens with zero attached hydrogens (tertiary/aromatic N) is 2. The first-order valence-electron chi connectivity index (χ1n) is 21.0. The third-order valence-electron chi connectivity index (χ3n) is 12.2. The second kappa shape index (κ2) is 19.9. The summed E-state index contributed by atoms with van der Waals surface area (Å²) in [5.74, 6) is 1.19. The van der Waals surface area contributed by atoms with Gasteiger partial charge in [-0.1, -0.05) is 55.3 Å². The lowest BCUT2D eigenvalue weighted by Crippen LogP contribution is -2.70. The number of amides is 1. The van der Waals surface area contributed by atoms with Crippen molar-refractivity contribution in [1.82, 2.24) is 4.90 Å². The summed E-state index contributed by atoms with van der Waals surface area (Å²) in [7, 11) is 3.19. The van der Waals surface area contributed by atoms with Crippen LogP contribution in [-0.2, 0) is 20.8 Å². The van der Waals surface area contributed by atoms with Crippen LogP contribution >= 0.6 is 0 Å². The summed E-state index contributed by atoms with van der Waals surface area (Å²) in [5, 5.41) is 24.5. The molecule has 1 saturated carbocycles. The van der Waals surface area contributed by atoms with Crippen molar-refractivity contribution in [1.29, 1.82) is 0 Å². The van der Waals surface area contributed by atoms with E-state index in [2.05, 4.69) is 51.6 Å². The van der Waals surface area contributed by atoms with E-state index < -0.39 is 11.8 Å². The Hall–Kier alpha value is -4.64. The molecule has 1 amide bonds. The minimum atomic E-state index is -1.31. The highest BCUT2D eigenvalue weighted by molar-refractivity contribution is 6.03. The van der Waals surface area contributed by atoms with Crippen LogP contribution < -0.4 is 14.2 Å². The monoisotopic (exact) mass is 794 g/mol. The number of carbonyl (C=O) groups excluding carboxylic acids is 1. The molecule has 10 nitrogen and oxygen atoms in total. The van der Waals surface area contributed by atoms with Crippen LogP contribution in [0, 0.1) is 31.6 Å². The summed E-state index contributed by atoms with van der Waals surface area (Å²) >= 11 is 0. The number of aliphatic hydroxyl groups is 2. The van der Waals surface area contributed by atoms with E-state index in [1.54, 1.807) is 20.3 Å². The van der Waals surface area contributed by atoms with Gasteiger partial charge in [-0.25, -0.2) is 0 Å². The Morgan fingerprint density at radius 2 is 1.72 bits per heavy atom. The van der Waals surface area contributed by atoms with E-state index in [4.69, 9.17) is 28.9 Å². The molecule has 1 aliphatic heterocycles. The van der Waals surface area contributed by atoms with Crippen molar-refractivity contribution >= 4 is 11.6 Å². The maximum absolute atomic E-state index is 14.8. The molecule has 0 bridgehead atoms. The number of hydrogen-bond donors (Lipinski definition) is 2. The lowest BCUT2D eigenvalue weighted by molar-refractivity contribution is -0.257. The van der Waals surface area contributed by atoms with Gasteiger partial charge in [0, 0.05) is 37.7 Å². The molecule has 3 aromatic rings. The molecular weight excluding hydrogens is 733 g/mol. The topological polar surface area (TPSA) is 119 Å². The number of aliphatic hydroxyl groups excluding tert-OH is 2. The van der Waals surface area contributed by atoms with Crippen molar-refractivity contribution in [2.75, 3.05) is 40.6 Å². The van der Waals surface area contributed by atoms with Crippen molar-refractivity contribution in [2.24, 2.45) is 22.9 Å². The smallest absolute Gasteiger partial charge is 0.239 e. The third kappa shape index (κ3) is 9.14. The number of benzene rings is 3. The maximum Gasteiger partial charge on any atom is 0.239 e. The Morgan fingerprint density at radius 1 is 0.966 bits per heavy atom. The Balaban J connectivity index is 1.55. The fourth-order valence-corrected chi connectivity index (χ4v) is 9.49. The van der Waals surface area contributed by atoms with Crippen molar-refractivity contribution < 1.29 is 38.8 Å². The molecule has 0 aromatic heterocycles. The maximum atomic E-state index is 14.8. The van der Waals surface area contributed by atoms with Crippen LogP contribution in [0.2, 0.25) is 0 Å². The number of rotatable bonds is 20. The molecule has 10 heteroatoms. The zero-order valence-electron chi connectivity index (χ0n) is 35.0. The van der Waals surface area contributed by atoms with Crippen LogP contribution in [-0.4, -0.2) is 79.1 Å². The molecule has 0 saturated heterocycles. The van der Waals surface area contributed by atoms with Crippen molar-refractivity contribution in [3.63, 3.8) is 0 Å². The zero-order chi connectivity index (χ0) is 41.2. The first-order chi connectivity index (χ1) is 28.2. The highest BCUT2D eigenvalue weighted by atomic mass is 16.7. The Labute approximate surface area is 344 Å². The molecule has 3 aliphatic rings. The highest BCUT2D eigenvalue weighted by Crippen LogP contribution is 2.62. The van der Waals surface area contributed by atoms with E-state index in [1.165, 1.54) is 5.56 Å². The summed E-state index contributed by atoms with van der Waals surface area (Å²) in [4.78, 5) is 22.3. The van der Waals surface area contributed by atoms with Crippen LogP contribution in [0.5, 0.6) is 23.0 Å². The molecular formula is C48H62N2O8. The van der Waals surface area contributed by atoms with Gasteiger partial charge >= 0.3 is 0 Å². The normalized spacial score (nSPS) is 23.9. The second-order valence-corrected chi connectivity index (χ2v) is 15.9. The first kappa shape index (κ1) is 43.0. The fraction of sp³-hybridized carbons (Fsp3) is 0.500. The van der Waals surface area contributed by atoms with Gasteiger partial charge in [0.15, 0.2) is 0 Å². The van der Waals surface area contributed by atoms with Crippen LogP contribution in [0.1, 0.15) is 86.5 Å². The number of ether oxygens (including phenoxy) is 4. The molecule has 1 heterocycles. The van der Waals surface area contributed by atoms with E-state index in [9.17, 15) is 15.0 Å². The van der Waals surface area contributed by atoms with Gasteiger partial charge in [-0.2, -0.15) is 0 Å². The van der Waals surface area contributed by atoms with E-state index in [-0.39, 0.29) is 55.8 Å². The number of oxime groups is 1. The van der Waals surface area contributed by atoms with Crippen molar-refractivity contribution in [3.8, 4) is 23.0 Å². The van der Waals surface area contributed by atoms with Crippen LogP contribution in [0.4, 0.5) is 0 Å². The number of fused-ring (bicyclic) bond motifs is 2. The van der Waals surface area contributed by atoms with E-state index in [1.807, 2.05) is 47.4 Å². The molecule has 6 atom stereocenters. The zero-order valence-corrected chi connectivity index (χ0v) is 35.0. The van der Waals surface area contributed by atoms with Gasteiger partial charge in [-0.05, 0) is 123 Å². The van der Waals surface area contributed by atoms with E-state index in [0.717, 1.165) is 65.8 Å². The molecule has 2 aliphatic carbocycles. The number of aryl methyl sites for hydroxylation is 2. The average molecular weight is 795 g/mol. The molecule has 58 heavy (non-hydrogen) atoms. The number of allylic oxidation sites excluding steroid dienone is 1. The lowest BCUT2D eigenvalue weighted by Gasteiger charge is -2.60. The molecule has 0 radical (unpaired) electrons. The van der Waals surface area contributed by atoms with Gasteiger partial charge < -0.3 is 38.9 Å². The third-order valence-corrected chi connectivity index (χ3v) is 12.2. The van der Waals surface area contributed by atoms with Gasteiger partial charge in [0.1, 0.15) is 36.1 Å². The average Bonchev–Trinajstić information content (AvgIpc) is 3.22. The van der Waals surface area contributed by atoms with Crippen LogP contribution in [0.25, 0.3) is 0 Å². The van der Waals surface area contributed by atoms with Crippen LogP contribution in [0.3, 0.4) is 0 Å². The Morgan fingerprint density at radius 3 is 2.43 bits per heavy atom. The number of hydrogen-bond acceptors (Lipinski definition) is 9. The Kier molecular flexibility index (Phi) is 14.7. The van der Waals surface area contributed by atoms with Gasteiger partial charge in [-0.15, -0.1) is 6.58 Å². The van der Waals surface area contributed by atoms with Gasteiger partial charge in [0.25, 0.3) is 0 Å². The predicted molar refractivity (Wildman–Crippen MR) is 227 cm³/mol. The number of unbranched alkanes of at least 4 members (excludes halogenated alkanes) is 2. The first-order valence-corrected chi connectivity index (χ1v) is 21.0. The molecule has 0 unspecified atom stereocenters. The van der Waals surface area contributed by atoms with Gasteiger partial charge in [0.2, 0.25) is 11.7 Å². The van der Waals surface area contributed by atoms with E-state index in [0.29, 0.717) is 43.1 Å². The van der Waals surface area contributed by atoms with Crippen LogP contribution in [0.15, 0.2) is 90.1 Å². The molecule has 0 spiro atoms. The van der Waals surface area contributed by atoms with Crippen molar-refractivity contribution in [3.05, 3.63) is 107 Å². The van der Waals surface area contributed by atoms with Gasteiger partial charge in [-0.3, -0.25) is 4.79 Å². The lowest BCUT2D eigenvalue weighted by atomic mass is 9.55. The van der Waals surface area contributed by atoms with Gasteiger partial charge in [0.05, 0.1) is 31.8 Å². The summed E-state index contributed by atoms with van der Waals surface area (Å²) < 4.78 is 26.5. The molecule has 312 valence electrons. The SMILES string of the molecule is C=CCO[C@@]12Oc3ccc(Oc4ccc(C)c(C)c4)cc3[C@H]3[C@H](CCCCO)[C@@H](CCCCO)C=C(C(=NOC)C[C@@H]1N(CCC)C(=O)Cc1cccc(OC)c1)[C@H]32. The standard InChI is InChI=1S/C48H62N2O8/c1-7-22-50(45(53)28-34-14-13-16-36(27-34)54-5)44-31-42(49-55-6)40-29-35(15-9-11-23-51)39(17-10-12-24-52)46-41-30-38(57-37-19-18-32(3)33(4)26-37)20-21-43(41)58-48(44,47(40)46)56-25-8-2/h8,13-14,16,18-21,26-27,29-30,35,39,44,46-47,51-52H,2,7,9-12,15,17,22-25,28,31H2,1,3-6H3/t35-,39+,44-,46+,47+,48+/m0/s1. The quantitative estimate of drug-likeness (QED) is 0.0662. The molecule has 6 rings (SSSR count). The molecule has 2 N–H and O–H groups in total. The Bertz CT molecular complexity index is 1940. The van der Waals surface area contributed by atoms with E-state index >= 15 is 0 Å². The molecule has 3 aromatic carbocycles. The minimum Gasteiger partial charge on any atom is -0.497 e. The summed E-state index contributed by atoms with van der Waals surface area (Å²) in [6, 6.07) is 19.2. The largest absolute Gasteiger partial charge is 0.497 e. The fourth-order valence-electron chi connectivity index (χ4n) is 9.49. The minimum absolute atomic E-state index is 0.0499. The number of carbonyl (C=O) groups is 1. The number of methoxy groups -OCH3 is 1. The molecule has 1 fully saturated rings. The van der Waals surface area contributed by atoms with Crippen molar-refractivity contribution in [2.45, 2.75) is 96.3 Å². The highest BCUT2D eigenvalue weighted by Gasteiger charge is 2.65.